The molecule has 0 radical (unpaired) electrons. The van der Waals surface area contributed by atoms with Gasteiger partial charge in [-0.05, 0) is 23.2 Å². The molecule has 0 aromatic heterocycles. The van der Waals surface area contributed by atoms with Crippen LogP contribution in [0.4, 0.5) is 0 Å². The molecule has 0 amide bonds. The lowest BCUT2D eigenvalue weighted by molar-refractivity contribution is 0.355. The third-order valence-corrected chi connectivity index (χ3v) is 2.45. The standard InChI is InChI=1S/C11H12ClN3O2/c1-16-9-6-5-8(4-3-7-14-15-13)10(12)11(9)17-2/h3-6H,7H2,1-2H3. The van der Waals surface area contributed by atoms with E-state index in [0.717, 1.165) is 5.56 Å². The zero-order valence-electron chi connectivity index (χ0n) is 9.55. The lowest BCUT2D eigenvalue weighted by Gasteiger charge is -2.10. The number of halogens is 1. The first kappa shape index (κ1) is 13.2. The summed E-state index contributed by atoms with van der Waals surface area (Å²) < 4.78 is 10.3. The molecule has 0 aliphatic carbocycles. The molecule has 0 atom stereocenters. The third-order valence-electron chi connectivity index (χ3n) is 2.06. The fourth-order valence-corrected chi connectivity index (χ4v) is 1.59. The minimum absolute atomic E-state index is 0.279. The molecular formula is C11H12ClN3O2. The maximum atomic E-state index is 8.13. The Bertz CT molecular complexity index is 468. The summed E-state index contributed by atoms with van der Waals surface area (Å²) in [6, 6.07) is 3.56. The predicted molar refractivity (Wildman–Crippen MR) is 67.6 cm³/mol. The van der Waals surface area contributed by atoms with Gasteiger partial charge in [-0.2, -0.15) is 0 Å². The summed E-state index contributed by atoms with van der Waals surface area (Å²) in [5.74, 6) is 1.06. The fourth-order valence-electron chi connectivity index (χ4n) is 1.30. The van der Waals surface area contributed by atoms with Crippen LogP contribution in [0.2, 0.25) is 5.02 Å². The molecular weight excluding hydrogens is 242 g/mol. The maximum absolute atomic E-state index is 8.13. The van der Waals surface area contributed by atoms with Gasteiger partial charge in [0, 0.05) is 11.5 Å². The van der Waals surface area contributed by atoms with E-state index in [-0.39, 0.29) is 6.54 Å². The summed E-state index contributed by atoms with van der Waals surface area (Å²) in [5, 5.41) is 3.85. The van der Waals surface area contributed by atoms with Crippen LogP contribution >= 0.6 is 11.6 Å². The molecule has 0 saturated carbocycles. The first-order valence-corrected chi connectivity index (χ1v) is 5.20. The lowest BCUT2D eigenvalue weighted by atomic mass is 10.2. The largest absolute Gasteiger partial charge is 0.493 e. The molecule has 6 heteroatoms. The summed E-state index contributed by atoms with van der Waals surface area (Å²) in [6.07, 6.45) is 3.48. The Morgan fingerprint density at radius 3 is 2.76 bits per heavy atom. The maximum Gasteiger partial charge on any atom is 0.179 e. The Morgan fingerprint density at radius 2 is 2.18 bits per heavy atom. The average Bonchev–Trinajstić information content (AvgIpc) is 2.35. The molecule has 1 aromatic rings. The van der Waals surface area contributed by atoms with Gasteiger partial charge in [0.15, 0.2) is 11.5 Å². The van der Waals surface area contributed by atoms with E-state index in [9.17, 15) is 0 Å². The van der Waals surface area contributed by atoms with Crippen molar-refractivity contribution in [2.75, 3.05) is 20.8 Å². The molecule has 0 unspecified atom stereocenters. The van der Waals surface area contributed by atoms with Crippen molar-refractivity contribution in [3.63, 3.8) is 0 Å². The van der Waals surface area contributed by atoms with Crippen molar-refractivity contribution in [1.82, 2.24) is 0 Å². The average molecular weight is 254 g/mol. The summed E-state index contributed by atoms with van der Waals surface area (Å²) in [5.41, 5.74) is 8.91. The first-order chi connectivity index (χ1) is 8.24. The van der Waals surface area contributed by atoms with Crippen molar-refractivity contribution in [3.8, 4) is 11.5 Å². The van der Waals surface area contributed by atoms with E-state index in [4.69, 9.17) is 26.6 Å². The topological polar surface area (TPSA) is 67.2 Å². The number of methoxy groups -OCH3 is 2. The van der Waals surface area contributed by atoms with Gasteiger partial charge in [0.2, 0.25) is 0 Å². The van der Waals surface area contributed by atoms with E-state index < -0.39 is 0 Å². The highest BCUT2D eigenvalue weighted by Crippen LogP contribution is 2.37. The number of nitrogens with zero attached hydrogens (tertiary/aromatic N) is 3. The van der Waals surface area contributed by atoms with Crippen LogP contribution in [0.25, 0.3) is 16.5 Å². The van der Waals surface area contributed by atoms with Gasteiger partial charge in [0.05, 0.1) is 19.2 Å². The number of hydrogen-bond donors (Lipinski definition) is 0. The molecule has 0 aliphatic rings. The molecule has 0 N–H and O–H groups in total. The van der Waals surface area contributed by atoms with Crippen molar-refractivity contribution in [2.45, 2.75) is 0 Å². The van der Waals surface area contributed by atoms with E-state index >= 15 is 0 Å². The molecule has 1 rings (SSSR count). The van der Waals surface area contributed by atoms with Gasteiger partial charge in [-0.1, -0.05) is 28.9 Å². The number of benzene rings is 1. The summed E-state index contributed by atoms with van der Waals surface area (Å²) in [4.78, 5) is 2.65. The van der Waals surface area contributed by atoms with E-state index in [0.29, 0.717) is 16.5 Å². The molecule has 0 aliphatic heterocycles. The summed E-state index contributed by atoms with van der Waals surface area (Å²) >= 11 is 6.15. The molecule has 17 heavy (non-hydrogen) atoms. The normalized spacial score (nSPS) is 10.1. The van der Waals surface area contributed by atoms with Gasteiger partial charge in [0.1, 0.15) is 0 Å². The molecule has 0 saturated heterocycles. The van der Waals surface area contributed by atoms with Gasteiger partial charge < -0.3 is 9.47 Å². The Morgan fingerprint density at radius 1 is 1.41 bits per heavy atom. The van der Waals surface area contributed by atoms with E-state index in [2.05, 4.69) is 10.0 Å². The van der Waals surface area contributed by atoms with Gasteiger partial charge in [0.25, 0.3) is 0 Å². The summed E-state index contributed by atoms with van der Waals surface area (Å²) in [6.45, 7) is 0.279. The second kappa shape index (κ2) is 6.68. The summed E-state index contributed by atoms with van der Waals surface area (Å²) in [7, 11) is 3.07. The number of rotatable bonds is 5. The molecule has 0 bridgehead atoms. The van der Waals surface area contributed by atoms with Crippen LogP contribution in [0.3, 0.4) is 0 Å². The van der Waals surface area contributed by atoms with Gasteiger partial charge in [-0.3, -0.25) is 0 Å². The lowest BCUT2D eigenvalue weighted by Crippen LogP contribution is -1.92. The highest BCUT2D eigenvalue weighted by molar-refractivity contribution is 6.33. The molecule has 5 nitrogen and oxygen atoms in total. The number of hydrogen-bond acceptors (Lipinski definition) is 3. The zero-order valence-corrected chi connectivity index (χ0v) is 10.3. The smallest absolute Gasteiger partial charge is 0.179 e. The highest BCUT2D eigenvalue weighted by atomic mass is 35.5. The third kappa shape index (κ3) is 3.31. The van der Waals surface area contributed by atoms with Crippen molar-refractivity contribution < 1.29 is 9.47 Å². The van der Waals surface area contributed by atoms with Gasteiger partial charge in [-0.25, -0.2) is 0 Å². The molecule has 0 heterocycles. The minimum Gasteiger partial charge on any atom is -0.493 e. The highest BCUT2D eigenvalue weighted by Gasteiger charge is 2.10. The monoisotopic (exact) mass is 253 g/mol. The van der Waals surface area contributed by atoms with E-state index in [1.165, 1.54) is 7.11 Å². The molecule has 90 valence electrons. The van der Waals surface area contributed by atoms with E-state index in [1.807, 2.05) is 0 Å². The predicted octanol–water partition coefficient (Wildman–Crippen LogP) is 3.68. The van der Waals surface area contributed by atoms with E-state index in [1.54, 1.807) is 31.4 Å². The minimum atomic E-state index is 0.279. The fraction of sp³-hybridized carbons (Fsp3) is 0.273. The van der Waals surface area contributed by atoms with Crippen LogP contribution in [0, 0.1) is 0 Å². The van der Waals surface area contributed by atoms with Crippen LogP contribution < -0.4 is 9.47 Å². The van der Waals surface area contributed by atoms with Crippen LogP contribution in [-0.4, -0.2) is 20.8 Å². The molecule has 0 fully saturated rings. The second-order valence-electron chi connectivity index (χ2n) is 3.02. The molecule has 0 spiro atoms. The first-order valence-electron chi connectivity index (χ1n) is 4.82. The zero-order chi connectivity index (χ0) is 12.7. The Hall–Kier alpha value is -1.84. The van der Waals surface area contributed by atoms with Crippen molar-refractivity contribution in [2.24, 2.45) is 5.11 Å². The van der Waals surface area contributed by atoms with Crippen molar-refractivity contribution in [1.29, 1.82) is 0 Å². The van der Waals surface area contributed by atoms with Crippen molar-refractivity contribution in [3.05, 3.63) is 39.2 Å². The Balaban J connectivity index is 3.02. The van der Waals surface area contributed by atoms with Crippen LogP contribution in [-0.2, 0) is 0 Å². The van der Waals surface area contributed by atoms with Crippen LogP contribution in [0.15, 0.2) is 23.3 Å². The van der Waals surface area contributed by atoms with Gasteiger partial charge >= 0.3 is 0 Å². The van der Waals surface area contributed by atoms with Gasteiger partial charge in [-0.15, -0.1) is 0 Å². The van der Waals surface area contributed by atoms with Crippen LogP contribution in [0.1, 0.15) is 5.56 Å². The number of ether oxygens (including phenoxy) is 2. The Kier molecular flexibility index (Phi) is 5.20. The second-order valence-corrected chi connectivity index (χ2v) is 3.40. The quantitative estimate of drug-likeness (QED) is 0.456. The SMILES string of the molecule is COc1ccc(C=CCN=[N+]=[N-])c(Cl)c1OC. The Labute approximate surface area is 104 Å². The molecule has 1 aromatic carbocycles. The number of azide groups is 1. The van der Waals surface area contributed by atoms with Crippen LogP contribution in [0.5, 0.6) is 11.5 Å². The van der Waals surface area contributed by atoms with Crippen molar-refractivity contribution >= 4 is 17.7 Å².